The monoisotopic (exact) mass is 476 g/mol. The molecule has 3 aromatic rings. The predicted octanol–water partition coefficient (Wildman–Crippen LogP) is 6.27. The van der Waals surface area contributed by atoms with Gasteiger partial charge in [0.1, 0.15) is 23.7 Å². The number of thioether (sulfide) groups is 1. The Bertz CT molecular complexity index is 983. The molecule has 34 heavy (non-hydrogen) atoms. The zero-order chi connectivity index (χ0) is 23.6. The van der Waals surface area contributed by atoms with E-state index in [0.717, 1.165) is 16.0 Å². The summed E-state index contributed by atoms with van der Waals surface area (Å²) in [5.74, 6) is 0. The number of hydrogen-bond donors (Lipinski definition) is 0. The van der Waals surface area contributed by atoms with E-state index in [1.807, 2.05) is 61.5 Å². The first-order valence-corrected chi connectivity index (χ1v) is 12.5. The molecule has 4 nitrogen and oxygen atoms in total. The fourth-order valence-electron chi connectivity index (χ4n) is 4.01. The lowest BCUT2D eigenvalue weighted by Gasteiger charge is -2.45. The second-order valence-corrected chi connectivity index (χ2v) is 9.42. The highest BCUT2D eigenvalue weighted by molar-refractivity contribution is 7.99. The van der Waals surface area contributed by atoms with Crippen molar-refractivity contribution in [3.05, 3.63) is 115 Å². The van der Waals surface area contributed by atoms with Gasteiger partial charge in [0.2, 0.25) is 0 Å². The lowest BCUT2D eigenvalue weighted by atomic mass is 9.99. The van der Waals surface area contributed by atoms with E-state index in [9.17, 15) is 0 Å². The van der Waals surface area contributed by atoms with E-state index < -0.39 is 0 Å². The average Bonchev–Trinajstić information content (AvgIpc) is 2.88. The van der Waals surface area contributed by atoms with Crippen molar-refractivity contribution in [1.29, 1.82) is 0 Å². The van der Waals surface area contributed by atoms with Gasteiger partial charge >= 0.3 is 0 Å². The van der Waals surface area contributed by atoms with Crippen LogP contribution in [0.4, 0.5) is 0 Å². The Morgan fingerprint density at radius 3 is 1.82 bits per heavy atom. The Balaban J connectivity index is 1.59. The molecule has 0 aromatic heterocycles. The van der Waals surface area contributed by atoms with Crippen molar-refractivity contribution in [3.63, 3.8) is 0 Å². The van der Waals surface area contributed by atoms with E-state index >= 15 is 0 Å². The van der Waals surface area contributed by atoms with Crippen molar-refractivity contribution < 1.29 is 18.9 Å². The van der Waals surface area contributed by atoms with Gasteiger partial charge in [-0.25, -0.2) is 0 Å². The third kappa shape index (κ3) is 6.81. The average molecular weight is 477 g/mol. The number of hydrogen-bond acceptors (Lipinski definition) is 5. The van der Waals surface area contributed by atoms with Crippen LogP contribution in [0, 0.1) is 0 Å². The molecule has 0 aliphatic carbocycles. The van der Waals surface area contributed by atoms with Gasteiger partial charge in [-0.2, -0.15) is 0 Å². The van der Waals surface area contributed by atoms with E-state index in [1.165, 1.54) is 0 Å². The number of benzene rings is 3. The molecule has 4 rings (SSSR count). The Kier molecular flexibility index (Phi) is 9.36. The molecule has 5 heteroatoms. The highest BCUT2D eigenvalue weighted by Crippen LogP contribution is 2.37. The summed E-state index contributed by atoms with van der Waals surface area (Å²) in [5.41, 5.74) is 1.97. The van der Waals surface area contributed by atoms with Gasteiger partial charge in [-0.15, -0.1) is 6.58 Å². The highest BCUT2D eigenvalue weighted by atomic mass is 32.2. The van der Waals surface area contributed by atoms with Crippen molar-refractivity contribution in [2.45, 2.75) is 54.9 Å². The first-order valence-electron chi connectivity index (χ1n) is 11.7. The summed E-state index contributed by atoms with van der Waals surface area (Å²) in [6, 6.07) is 30.6. The van der Waals surface area contributed by atoms with Gasteiger partial charge in [0.25, 0.3) is 0 Å². The van der Waals surface area contributed by atoms with Gasteiger partial charge in [-0.05, 0) is 30.2 Å². The minimum Gasteiger partial charge on any atom is -0.369 e. The minimum atomic E-state index is -0.333. The van der Waals surface area contributed by atoms with Crippen LogP contribution in [0.5, 0.6) is 0 Å². The SMILES string of the molecule is C=CCO[C@H]1[C@H](OCc2ccccc2)[C@@H](OCc2ccccc2)[C@H](Sc2ccccc2)O[C@@H]1C. The molecular formula is C29H32O4S. The van der Waals surface area contributed by atoms with E-state index in [0.29, 0.717) is 19.8 Å². The summed E-state index contributed by atoms with van der Waals surface area (Å²) in [7, 11) is 0. The zero-order valence-corrected chi connectivity index (χ0v) is 20.3. The van der Waals surface area contributed by atoms with Crippen LogP contribution in [-0.4, -0.2) is 36.5 Å². The van der Waals surface area contributed by atoms with Gasteiger partial charge < -0.3 is 18.9 Å². The fraction of sp³-hybridized carbons (Fsp3) is 0.310. The summed E-state index contributed by atoms with van der Waals surface area (Å²) in [6.07, 6.45) is 0.661. The van der Waals surface area contributed by atoms with Crippen LogP contribution in [0.1, 0.15) is 18.1 Å². The van der Waals surface area contributed by atoms with Gasteiger partial charge in [0, 0.05) is 4.90 Å². The smallest absolute Gasteiger partial charge is 0.136 e. The van der Waals surface area contributed by atoms with Crippen molar-refractivity contribution in [3.8, 4) is 0 Å². The number of ether oxygens (including phenoxy) is 4. The second-order valence-electron chi connectivity index (χ2n) is 8.25. The number of rotatable bonds is 11. The molecule has 1 heterocycles. The van der Waals surface area contributed by atoms with Crippen LogP contribution in [0.2, 0.25) is 0 Å². The van der Waals surface area contributed by atoms with E-state index in [1.54, 1.807) is 17.8 Å². The Morgan fingerprint density at radius 1 is 0.735 bits per heavy atom. The van der Waals surface area contributed by atoms with Crippen LogP contribution < -0.4 is 0 Å². The lowest BCUT2D eigenvalue weighted by Crippen LogP contribution is -2.58. The van der Waals surface area contributed by atoms with Crippen LogP contribution in [0.15, 0.2) is 109 Å². The van der Waals surface area contributed by atoms with Crippen LogP contribution in [0.25, 0.3) is 0 Å². The molecule has 0 radical (unpaired) electrons. The van der Waals surface area contributed by atoms with Gasteiger partial charge in [-0.1, -0.05) is 96.7 Å². The van der Waals surface area contributed by atoms with Crippen molar-refractivity contribution in [1.82, 2.24) is 0 Å². The molecule has 1 aliphatic heterocycles. The van der Waals surface area contributed by atoms with Crippen molar-refractivity contribution >= 4 is 11.8 Å². The lowest BCUT2D eigenvalue weighted by molar-refractivity contribution is -0.238. The second kappa shape index (κ2) is 12.9. The quantitative estimate of drug-likeness (QED) is 0.305. The van der Waals surface area contributed by atoms with Crippen LogP contribution in [-0.2, 0) is 32.2 Å². The molecule has 0 N–H and O–H groups in total. The van der Waals surface area contributed by atoms with Gasteiger partial charge in [0.15, 0.2) is 0 Å². The maximum atomic E-state index is 6.54. The molecule has 1 aliphatic rings. The van der Waals surface area contributed by atoms with Crippen LogP contribution in [0.3, 0.4) is 0 Å². The molecule has 0 amide bonds. The summed E-state index contributed by atoms with van der Waals surface area (Å²) in [6.45, 7) is 7.21. The maximum Gasteiger partial charge on any atom is 0.136 e. The standard InChI is InChI=1S/C29H32O4S/c1-3-19-30-26-22(2)33-29(34-25-17-11-6-12-18-25)28(32-21-24-15-9-5-10-16-24)27(26)31-20-23-13-7-4-8-14-23/h3-18,22,26-29H,1,19-21H2,2H3/t22-,26-,27+,28-,29+/m1/s1. The summed E-state index contributed by atoms with van der Waals surface area (Å²) in [4.78, 5) is 1.13. The summed E-state index contributed by atoms with van der Waals surface area (Å²) >= 11 is 1.66. The first-order chi connectivity index (χ1) is 16.7. The minimum absolute atomic E-state index is 0.168. The van der Waals surface area contributed by atoms with Crippen molar-refractivity contribution in [2.75, 3.05) is 6.61 Å². The molecule has 0 unspecified atom stereocenters. The maximum absolute atomic E-state index is 6.54. The topological polar surface area (TPSA) is 36.9 Å². The van der Waals surface area contributed by atoms with Gasteiger partial charge in [-0.3, -0.25) is 0 Å². The van der Waals surface area contributed by atoms with Crippen molar-refractivity contribution in [2.24, 2.45) is 0 Å². The summed E-state index contributed by atoms with van der Waals surface area (Å²) in [5, 5.41) is 0. The zero-order valence-electron chi connectivity index (χ0n) is 19.5. The Morgan fingerprint density at radius 2 is 1.26 bits per heavy atom. The highest BCUT2D eigenvalue weighted by Gasteiger charge is 2.47. The molecule has 1 fully saturated rings. The fourth-order valence-corrected chi connectivity index (χ4v) is 5.19. The Labute approximate surface area is 206 Å². The van der Waals surface area contributed by atoms with E-state index in [2.05, 4.69) is 43.0 Å². The molecule has 0 bridgehead atoms. The largest absolute Gasteiger partial charge is 0.369 e. The molecule has 0 saturated carbocycles. The normalized spacial score (nSPS) is 24.6. The molecule has 3 aromatic carbocycles. The Hall–Kier alpha value is -2.41. The summed E-state index contributed by atoms with van der Waals surface area (Å²) < 4.78 is 25.7. The third-order valence-electron chi connectivity index (χ3n) is 5.70. The first kappa shape index (κ1) is 24.7. The van der Waals surface area contributed by atoms with Crippen LogP contribution >= 0.6 is 11.8 Å². The molecular weight excluding hydrogens is 444 g/mol. The molecule has 178 valence electrons. The van der Waals surface area contributed by atoms with Gasteiger partial charge in [0.05, 0.1) is 25.9 Å². The van der Waals surface area contributed by atoms with E-state index in [-0.39, 0.29) is 29.9 Å². The molecule has 1 saturated heterocycles. The molecule has 0 spiro atoms. The predicted molar refractivity (Wildman–Crippen MR) is 137 cm³/mol. The molecule has 5 atom stereocenters. The third-order valence-corrected chi connectivity index (χ3v) is 6.86. The van der Waals surface area contributed by atoms with E-state index in [4.69, 9.17) is 18.9 Å².